The average Bonchev–Trinajstić information content (AvgIpc) is 2.20. The van der Waals surface area contributed by atoms with E-state index in [2.05, 4.69) is 4.65 Å². The molecule has 0 aromatic heterocycles. The molecule has 1 aromatic rings. The topological polar surface area (TPSA) is 110 Å². The van der Waals surface area contributed by atoms with E-state index in [1.807, 2.05) is 0 Å². The first-order valence-electron chi connectivity index (χ1n) is 5.80. The van der Waals surface area contributed by atoms with Crippen LogP contribution >= 0.6 is 0 Å². The first-order valence-corrected chi connectivity index (χ1v) is 5.80. The van der Waals surface area contributed by atoms with E-state index < -0.39 is 24.3 Å². The van der Waals surface area contributed by atoms with Crippen molar-refractivity contribution >= 4 is 7.32 Å². The Bertz CT molecular complexity index is 413. The highest BCUT2D eigenvalue weighted by molar-refractivity contribution is 6.33. The molecule has 0 atom stereocenters. The summed E-state index contributed by atoms with van der Waals surface area (Å²) in [5.41, 5.74) is -2.01. The number of hydrogen-bond donors (Lipinski definition) is 5. The Morgan fingerprint density at radius 2 is 1.50 bits per heavy atom. The van der Waals surface area contributed by atoms with Gasteiger partial charge in [0.25, 0.3) is 0 Å². The molecule has 0 fully saturated rings. The second-order valence-corrected chi connectivity index (χ2v) is 5.17. The van der Waals surface area contributed by atoms with Gasteiger partial charge >= 0.3 is 7.32 Å². The SMILES string of the molecule is CC(C)(O)C(C)(C)O.OB(O)Oc1cc(F)ccc1O. The zero-order chi connectivity index (χ0) is 16.1. The number of phenolic OH excluding ortho intramolecular Hbond substituents is 1. The van der Waals surface area contributed by atoms with Crippen molar-refractivity contribution in [2.45, 2.75) is 38.9 Å². The van der Waals surface area contributed by atoms with Crippen LogP contribution in [0.15, 0.2) is 18.2 Å². The maximum absolute atomic E-state index is 12.4. The Morgan fingerprint density at radius 1 is 1.05 bits per heavy atom. The quantitative estimate of drug-likeness (QED) is 0.516. The Labute approximate surface area is 117 Å². The van der Waals surface area contributed by atoms with E-state index in [4.69, 9.17) is 25.4 Å². The van der Waals surface area contributed by atoms with Crippen molar-refractivity contribution in [1.29, 1.82) is 0 Å². The number of halogens is 1. The van der Waals surface area contributed by atoms with Crippen LogP contribution in [0.1, 0.15) is 27.7 Å². The fraction of sp³-hybridized carbons (Fsp3) is 0.500. The maximum Gasteiger partial charge on any atom is 0.707 e. The molecule has 8 heteroatoms. The Kier molecular flexibility index (Phi) is 6.43. The summed E-state index contributed by atoms with van der Waals surface area (Å²) in [7, 11) is -2.07. The van der Waals surface area contributed by atoms with Gasteiger partial charge in [0.15, 0.2) is 5.75 Å². The number of aromatic hydroxyl groups is 1. The van der Waals surface area contributed by atoms with Gasteiger partial charge in [-0.15, -0.1) is 0 Å². The Morgan fingerprint density at radius 3 is 1.85 bits per heavy atom. The van der Waals surface area contributed by atoms with E-state index in [-0.39, 0.29) is 11.5 Å². The van der Waals surface area contributed by atoms with E-state index in [1.165, 1.54) is 0 Å². The minimum atomic E-state index is -2.07. The molecule has 1 rings (SSSR count). The highest BCUT2D eigenvalue weighted by Gasteiger charge is 2.31. The molecule has 0 radical (unpaired) electrons. The van der Waals surface area contributed by atoms with E-state index >= 15 is 0 Å². The molecule has 5 N–H and O–H groups in total. The zero-order valence-electron chi connectivity index (χ0n) is 11.8. The van der Waals surface area contributed by atoms with Crippen LogP contribution in [0.25, 0.3) is 0 Å². The summed E-state index contributed by atoms with van der Waals surface area (Å²) in [6, 6.07) is 2.91. The molecule has 20 heavy (non-hydrogen) atoms. The van der Waals surface area contributed by atoms with Crippen molar-refractivity contribution in [3.8, 4) is 11.5 Å². The average molecular weight is 290 g/mol. The van der Waals surface area contributed by atoms with Crippen LogP contribution in [-0.2, 0) is 0 Å². The standard InChI is InChI=1S/C6H6BFO4.C6H14O2/c8-4-1-2-5(9)6(3-4)12-7(10)11;1-5(2,7)6(3,4)8/h1-3,9-11H;7-8H,1-4H3. The van der Waals surface area contributed by atoms with E-state index in [0.717, 1.165) is 18.2 Å². The molecule has 0 saturated carbocycles. The zero-order valence-corrected chi connectivity index (χ0v) is 11.8. The normalized spacial score (nSPS) is 11.4. The number of hydrogen-bond acceptors (Lipinski definition) is 6. The van der Waals surface area contributed by atoms with Gasteiger partial charge in [0, 0.05) is 6.07 Å². The monoisotopic (exact) mass is 290 g/mol. The van der Waals surface area contributed by atoms with Gasteiger partial charge in [-0.1, -0.05) is 0 Å². The third kappa shape index (κ3) is 6.71. The highest BCUT2D eigenvalue weighted by Crippen LogP contribution is 2.26. The van der Waals surface area contributed by atoms with Crippen LogP contribution in [0.4, 0.5) is 4.39 Å². The molecular formula is C12H20BFO6. The lowest BCUT2D eigenvalue weighted by Gasteiger charge is -2.31. The fourth-order valence-electron chi connectivity index (χ4n) is 0.696. The lowest BCUT2D eigenvalue weighted by atomic mass is 9.90. The summed E-state index contributed by atoms with van der Waals surface area (Å²) in [5, 5.41) is 43.8. The van der Waals surface area contributed by atoms with Gasteiger partial charge in [-0.3, -0.25) is 0 Å². The number of rotatable bonds is 3. The fourth-order valence-corrected chi connectivity index (χ4v) is 0.696. The minimum Gasteiger partial charge on any atom is -0.509 e. The Hall–Kier alpha value is -1.35. The second kappa shape index (κ2) is 6.89. The predicted octanol–water partition coefficient (Wildman–Crippen LogP) is 0.408. The van der Waals surface area contributed by atoms with E-state index in [9.17, 15) is 4.39 Å². The minimum absolute atomic E-state index is 0.315. The summed E-state index contributed by atoms with van der Waals surface area (Å²) in [5.74, 6) is -1.31. The third-order valence-electron chi connectivity index (χ3n) is 2.65. The van der Waals surface area contributed by atoms with Crippen molar-refractivity contribution in [3.05, 3.63) is 24.0 Å². The number of phenols is 1. The van der Waals surface area contributed by atoms with Gasteiger partial charge in [0.05, 0.1) is 11.2 Å². The molecule has 0 spiro atoms. The summed E-state index contributed by atoms with van der Waals surface area (Å²) in [4.78, 5) is 0. The second-order valence-electron chi connectivity index (χ2n) is 5.17. The molecule has 0 aliphatic heterocycles. The van der Waals surface area contributed by atoms with Crippen LogP contribution < -0.4 is 4.65 Å². The molecular weight excluding hydrogens is 270 g/mol. The maximum atomic E-state index is 12.4. The van der Waals surface area contributed by atoms with Crippen molar-refractivity contribution in [1.82, 2.24) is 0 Å². The van der Waals surface area contributed by atoms with Crippen LogP contribution in [0.3, 0.4) is 0 Å². The van der Waals surface area contributed by atoms with Gasteiger partial charge in [-0.05, 0) is 39.8 Å². The first-order chi connectivity index (χ1) is 8.84. The molecule has 1 aromatic carbocycles. The van der Waals surface area contributed by atoms with Crippen LogP contribution in [0.5, 0.6) is 11.5 Å². The van der Waals surface area contributed by atoms with Gasteiger partial charge in [-0.2, -0.15) is 0 Å². The molecule has 0 heterocycles. The smallest absolute Gasteiger partial charge is 0.509 e. The first kappa shape index (κ1) is 18.7. The number of aliphatic hydroxyl groups is 2. The van der Waals surface area contributed by atoms with Crippen molar-refractivity contribution < 1.29 is 34.4 Å². The van der Waals surface area contributed by atoms with Crippen molar-refractivity contribution in [2.24, 2.45) is 0 Å². The molecule has 0 amide bonds. The van der Waals surface area contributed by atoms with Gasteiger partial charge in [0.2, 0.25) is 0 Å². The Balaban J connectivity index is 0.000000396. The summed E-state index contributed by atoms with van der Waals surface area (Å²) in [6.07, 6.45) is 0. The number of benzene rings is 1. The van der Waals surface area contributed by atoms with Gasteiger partial charge < -0.3 is 30.0 Å². The summed E-state index contributed by atoms with van der Waals surface area (Å²) < 4.78 is 16.7. The lowest BCUT2D eigenvalue weighted by Crippen LogP contribution is -2.44. The largest absolute Gasteiger partial charge is 0.707 e. The predicted molar refractivity (Wildman–Crippen MR) is 71.5 cm³/mol. The van der Waals surface area contributed by atoms with E-state index in [0.29, 0.717) is 0 Å². The molecule has 0 bridgehead atoms. The molecule has 0 unspecified atom stereocenters. The van der Waals surface area contributed by atoms with Crippen LogP contribution in [-0.4, -0.2) is 43.9 Å². The van der Waals surface area contributed by atoms with E-state index in [1.54, 1.807) is 27.7 Å². The third-order valence-corrected chi connectivity index (χ3v) is 2.65. The summed E-state index contributed by atoms with van der Waals surface area (Å²) in [6.45, 7) is 6.31. The van der Waals surface area contributed by atoms with Gasteiger partial charge in [-0.25, -0.2) is 4.39 Å². The van der Waals surface area contributed by atoms with Crippen LogP contribution in [0.2, 0.25) is 0 Å². The molecule has 0 saturated heterocycles. The molecule has 114 valence electrons. The highest BCUT2D eigenvalue weighted by atomic mass is 19.1. The van der Waals surface area contributed by atoms with Crippen molar-refractivity contribution in [2.75, 3.05) is 0 Å². The lowest BCUT2D eigenvalue weighted by molar-refractivity contribution is -0.107. The van der Waals surface area contributed by atoms with Crippen LogP contribution in [0, 0.1) is 5.82 Å². The van der Waals surface area contributed by atoms with Gasteiger partial charge in [0.1, 0.15) is 11.6 Å². The molecule has 0 aliphatic rings. The molecule has 6 nitrogen and oxygen atoms in total. The summed E-state index contributed by atoms with van der Waals surface area (Å²) >= 11 is 0. The van der Waals surface area contributed by atoms with Crippen molar-refractivity contribution in [3.63, 3.8) is 0 Å². The molecule has 0 aliphatic carbocycles.